The third kappa shape index (κ3) is 4.00. The maximum Gasteiger partial charge on any atom is -0.0901 e. The van der Waals surface area contributed by atoms with Gasteiger partial charge in [0.15, 0.2) is 0 Å². The maximum absolute atomic E-state index is 2.29. The van der Waals surface area contributed by atoms with Crippen molar-refractivity contribution >= 4 is 0 Å². The summed E-state index contributed by atoms with van der Waals surface area (Å²) in [6.07, 6.45) is 3.50. The van der Waals surface area contributed by atoms with Crippen LogP contribution in [0.3, 0.4) is 0 Å². The SMILES string of the molecule is CC[CH-]C(C)C. The lowest BCUT2D eigenvalue weighted by molar-refractivity contribution is 0.723. The summed E-state index contributed by atoms with van der Waals surface area (Å²) in [5.74, 6) is 0.773. The first-order valence-electron chi connectivity index (χ1n) is 2.60. The minimum absolute atomic E-state index is 0.773. The van der Waals surface area contributed by atoms with Crippen LogP contribution in [0.1, 0.15) is 27.2 Å². The van der Waals surface area contributed by atoms with Crippen molar-refractivity contribution in [3.05, 3.63) is 6.42 Å². The second-order valence-electron chi connectivity index (χ2n) is 1.89. The minimum atomic E-state index is 0.773. The molecule has 0 heterocycles. The smallest absolute Gasteiger partial charge is 0.0901 e. The first-order chi connectivity index (χ1) is 2.77. The summed E-state index contributed by atoms with van der Waals surface area (Å²) in [6, 6.07) is 0. The van der Waals surface area contributed by atoms with Crippen LogP contribution >= 0.6 is 0 Å². The van der Waals surface area contributed by atoms with Gasteiger partial charge >= 0.3 is 0 Å². The largest absolute Gasteiger partial charge is 0.326 e. The fourth-order valence-electron chi connectivity index (χ4n) is 0.471. The quantitative estimate of drug-likeness (QED) is 0.451. The molecule has 0 aromatic heterocycles. The molecule has 0 fully saturated rings. The van der Waals surface area contributed by atoms with Crippen LogP contribution in [0.2, 0.25) is 0 Å². The Hall–Kier alpha value is 0. The van der Waals surface area contributed by atoms with Gasteiger partial charge in [-0.05, 0) is 0 Å². The molecule has 0 saturated carbocycles. The molecule has 0 nitrogen and oxygen atoms in total. The Labute approximate surface area is 40.6 Å². The van der Waals surface area contributed by atoms with Crippen LogP contribution in [0.25, 0.3) is 0 Å². The highest BCUT2D eigenvalue weighted by molar-refractivity contribution is 4.64. The van der Waals surface area contributed by atoms with E-state index < -0.39 is 0 Å². The average molecular weight is 85.2 g/mol. The molecule has 0 N–H and O–H groups in total. The summed E-state index contributed by atoms with van der Waals surface area (Å²) in [5, 5.41) is 0. The van der Waals surface area contributed by atoms with Crippen LogP contribution in [-0.4, -0.2) is 0 Å². The van der Waals surface area contributed by atoms with Gasteiger partial charge in [-0.2, -0.15) is 12.3 Å². The summed E-state index contributed by atoms with van der Waals surface area (Å²) in [7, 11) is 0. The molecular formula is C6H13-. The van der Waals surface area contributed by atoms with Crippen LogP contribution in [-0.2, 0) is 0 Å². The summed E-state index contributed by atoms with van der Waals surface area (Å²) in [4.78, 5) is 0. The van der Waals surface area contributed by atoms with E-state index in [4.69, 9.17) is 0 Å². The lowest BCUT2D eigenvalue weighted by atomic mass is 10.1. The summed E-state index contributed by atoms with van der Waals surface area (Å²) in [5.41, 5.74) is 0. The van der Waals surface area contributed by atoms with E-state index in [1.54, 1.807) is 0 Å². The van der Waals surface area contributed by atoms with Gasteiger partial charge in [0, 0.05) is 0 Å². The highest BCUT2D eigenvalue weighted by atomic mass is 13.9. The molecule has 0 aliphatic heterocycles. The molecule has 0 amide bonds. The van der Waals surface area contributed by atoms with E-state index in [0.29, 0.717) is 0 Å². The minimum Gasteiger partial charge on any atom is -0.326 e. The number of hydrogen-bond donors (Lipinski definition) is 0. The van der Waals surface area contributed by atoms with Crippen molar-refractivity contribution in [2.75, 3.05) is 0 Å². The van der Waals surface area contributed by atoms with Gasteiger partial charge in [0.05, 0.1) is 0 Å². The van der Waals surface area contributed by atoms with Crippen molar-refractivity contribution in [3.63, 3.8) is 0 Å². The third-order valence-electron chi connectivity index (χ3n) is 0.707. The van der Waals surface area contributed by atoms with Gasteiger partial charge < -0.3 is 6.42 Å². The number of rotatable bonds is 2. The monoisotopic (exact) mass is 85.1 g/mol. The van der Waals surface area contributed by atoms with Crippen molar-refractivity contribution in [2.24, 2.45) is 5.92 Å². The van der Waals surface area contributed by atoms with Crippen LogP contribution in [0, 0.1) is 12.3 Å². The van der Waals surface area contributed by atoms with Gasteiger partial charge in [0.25, 0.3) is 0 Å². The topological polar surface area (TPSA) is 0 Å². The molecule has 0 aromatic carbocycles. The molecule has 0 radical (unpaired) electrons. The van der Waals surface area contributed by atoms with Gasteiger partial charge in [0.2, 0.25) is 0 Å². The molecule has 0 unspecified atom stereocenters. The fourth-order valence-corrected chi connectivity index (χ4v) is 0.471. The molecule has 0 aliphatic rings. The molecule has 0 bridgehead atoms. The summed E-state index contributed by atoms with van der Waals surface area (Å²) in [6.45, 7) is 6.56. The maximum atomic E-state index is 2.29. The highest BCUT2D eigenvalue weighted by Crippen LogP contribution is 1.98. The Balaban J connectivity index is 2.63. The molecular weight excluding hydrogens is 72.1 g/mol. The van der Waals surface area contributed by atoms with Crippen LogP contribution in [0.4, 0.5) is 0 Å². The third-order valence-corrected chi connectivity index (χ3v) is 0.707. The Kier molecular flexibility index (Phi) is 3.20. The molecule has 0 aromatic rings. The average Bonchev–Trinajstić information content (AvgIpc) is 1.35. The lowest BCUT2D eigenvalue weighted by Crippen LogP contribution is -1.83. The standard InChI is InChI=1S/C6H13/c1-4-5-6(2)3/h5-6H,4H2,1-3H3/q-1. The van der Waals surface area contributed by atoms with Gasteiger partial charge in [-0.3, -0.25) is 0 Å². The van der Waals surface area contributed by atoms with E-state index in [0.717, 1.165) is 5.92 Å². The summed E-state index contributed by atoms with van der Waals surface area (Å²) >= 11 is 0. The van der Waals surface area contributed by atoms with Gasteiger partial charge in [0.1, 0.15) is 0 Å². The van der Waals surface area contributed by atoms with Crippen molar-refractivity contribution in [1.82, 2.24) is 0 Å². The first-order valence-corrected chi connectivity index (χ1v) is 2.60. The van der Waals surface area contributed by atoms with Crippen molar-refractivity contribution < 1.29 is 0 Å². The Bertz CT molecular complexity index is 21.2. The Morgan fingerprint density at radius 2 is 2.00 bits per heavy atom. The predicted octanol–water partition coefficient (Wildman–Crippen LogP) is 2.26. The lowest BCUT2D eigenvalue weighted by Gasteiger charge is -2.10. The molecule has 0 aliphatic carbocycles. The normalized spacial score (nSPS) is 10.0. The van der Waals surface area contributed by atoms with Gasteiger partial charge in [-0.25, -0.2) is 0 Å². The van der Waals surface area contributed by atoms with E-state index >= 15 is 0 Å². The van der Waals surface area contributed by atoms with E-state index in [1.165, 1.54) is 6.42 Å². The van der Waals surface area contributed by atoms with Crippen molar-refractivity contribution in [3.8, 4) is 0 Å². The highest BCUT2D eigenvalue weighted by Gasteiger charge is 1.71. The fraction of sp³-hybridized carbons (Fsp3) is 0.833. The second-order valence-corrected chi connectivity index (χ2v) is 1.89. The first kappa shape index (κ1) is 6.00. The zero-order valence-electron chi connectivity index (χ0n) is 4.86. The predicted molar refractivity (Wildman–Crippen MR) is 29.4 cm³/mol. The van der Waals surface area contributed by atoms with Crippen LogP contribution in [0.5, 0.6) is 0 Å². The number of hydrogen-bond acceptors (Lipinski definition) is 0. The molecule has 0 heteroatoms. The zero-order chi connectivity index (χ0) is 4.99. The van der Waals surface area contributed by atoms with Gasteiger partial charge in [-0.15, -0.1) is 0 Å². The zero-order valence-corrected chi connectivity index (χ0v) is 4.86. The molecule has 0 atom stereocenters. The Morgan fingerprint density at radius 3 is 2.00 bits per heavy atom. The van der Waals surface area contributed by atoms with Crippen LogP contribution < -0.4 is 0 Å². The van der Waals surface area contributed by atoms with E-state index in [-0.39, 0.29) is 0 Å². The second kappa shape index (κ2) is 3.20. The Morgan fingerprint density at radius 1 is 1.50 bits per heavy atom. The molecule has 0 spiro atoms. The molecule has 0 rings (SSSR count). The molecule has 0 saturated heterocycles. The summed E-state index contributed by atoms with van der Waals surface area (Å²) < 4.78 is 0. The molecule has 6 heavy (non-hydrogen) atoms. The van der Waals surface area contributed by atoms with Crippen molar-refractivity contribution in [2.45, 2.75) is 27.2 Å². The van der Waals surface area contributed by atoms with E-state index in [9.17, 15) is 0 Å². The van der Waals surface area contributed by atoms with Crippen molar-refractivity contribution in [1.29, 1.82) is 0 Å². The van der Waals surface area contributed by atoms with E-state index in [2.05, 4.69) is 27.2 Å². The molecule has 38 valence electrons. The van der Waals surface area contributed by atoms with Crippen LogP contribution in [0.15, 0.2) is 0 Å². The van der Waals surface area contributed by atoms with E-state index in [1.807, 2.05) is 0 Å². The van der Waals surface area contributed by atoms with Gasteiger partial charge in [-0.1, -0.05) is 20.8 Å².